The molecule has 1 amide bonds. The first kappa shape index (κ1) is 12.7. The molecule has 0 aromatic heterocycles. The second kappa shape index (κ2) is 4.86. The summed E-state index contributed by atoms with van der Waals surface area (Å²) in [6.07, 6.45) is 0. The molecule has 0 spiro atoms. The monoisotopic (exact) mass is 300 g/mol. The Hall–Kier alpha value is -1.75. The quantitative estimate of drug-likeness (QED) is 0.653. The summed E-state index contributed by atoms with van der Waals surface area (Å²) in [5, 5.41) is 0. The molecule has 0 unspecified atom stereocenters. The number of carbonyl (C=O) groups is 1. The van der Waals surface area contributed by atoms with Crippen molar-refractivity contribution in [3.05, 3.63) is 46.4 Å². The average Bonchev–Trinajstić information content (AvgIpc) is 2.33. The third-order valence-corrected chi connectivity index (χ3v) is 3.18. The van der Waals surface area contributed by atoms with Gasteiger partial charge < -0.3 is 11.5 Å². The van der Waals surface area contributed by atoms with Gasteiger partial charge in [0.15, 0.2) is 0 Å². The van der Waals surface area contributed by atoms with Crippen LogP contribution in [-0.2, 0) is 0 Å². The fraction of sp³-hybridized carbons (Fsp3) is 0. The van der Waals surface area contributed by atoms with E-state index >= 15 is 0 Å². The number of hydrogen-bond acceptors (Lipinski definition) is 2. The van der Waals surface area contributed by atoms with E-state index in [1.54, 1.807) is 12.1 Å². The van der Waals surface area contributed by atoms with E-state index in [0.29, 0.717) is 5.46 Å². The normalized spacial score (nSPS) is 10.3. The summed E-state index contributed by atoms with van der Waals surface area (Å²) in [6.45, 7) is 0. The number of primary amides is 1. The number of carbonyl (C=O) groups excluding carboxylic acids is 1. The smallest absolute Gasteiger partial charge is 0.250 e. The van der Waals surface area contributed by atoms with Crippen LogP contribution in [0.5, 0.6) is 0 Å². The summed E-state index contributed by atoms with van der Waals surface area (Å²) < 4.78 is 0.977. The van der Waals surface area contributed by atoms with Crippen molar-refractivity contribution in [2.45, 2.75) is 0 Å². The van der Waals surface area contributed by atoms with E-state index in [2.05, 4.69) is 15.9 Å². The zero-order chi connectivity index (χ0) is 13.3. The van der Waals surface area contributed by atoms with E-state index in [0.717, 1.165) is 15.6 Å². The molecular formula is C13H10BBrN2O. The van der Waals surface area contributed by atoms with E-state index in [4.69, 9.17) is 19.3 Å². The van der Waals surface area contributed by atoms with Gasteiger partial charge in [-0.05, 0) is 29.3 Å². The molecule has 2 rings (SSSR count). The first-order valence-electron chi connectivity index (χ1n) is 5.24. The van der Waals surface area contributed by atoms with E-state index in [9.17, 15) is 4.79 Å². The van der Waals surface area contributed by atoms with E-state index in [1.807, 2.05) is 24.3 Å². The maximum atomic E-state index is 11.3. The van der Waals surface area contributed by atoms with Gasteiger partial charge in [-0.3, -0.25) is 4.79 Å². The molecule has 88 valence electrons. The summed E-state index contributed by atoms with van der Waals surface area (Å²) in [6, 6.07) is 11.0. The van der Waals surface area contributed by atoms with Gasteiger partial charge in [0.1, 0.15) is 7.85 Å². The van der Waals surface area contributed by atoms with E-state index < -0.39 is 5.91 Å². The minimum atomic E-state index is -0.585. The molecule has 2 aromatic rings. The summed E-state index contributed by atoms with van der Waals surface area (Å²) in [7, 11) is 5.78. The molecule has 0 aliphatic rings. The van der Waals surface area contributed by atoms with Crippen LogP contribution in [0.1, 0.15) is 10.4 Å². The van der Waals surface area contributed by atoms with Crippen LogP contribution < -0.4 is 16.9 Å². The molecule has 3 nitrogen and oxygen atoms in total. The van der Waals surface area contributed by atoms with Crippen LogP contribution in [0.15, 0.2) is 40.9 Å². The van der Waals surface area contributed by atoms with Crippen LogP contribution in [-0.4, -0.2) is 13.8 Å². The minimum Gasteiger partial charge on any atom is -0.399 e. The van der Waals surface area contributed by atoms with Crippen molar-refractivity contribution in [1.29, 1.82) is 0 Å². The highest BCUT2D eigenvalue weighted by molar-refractivity contribution is 9.10. The lowest BCUT2D eigenvalue weighted by Gasteiger charge is -2.10. The molecule has 0 heterocycles. The molecule has 0 atom stereocenters. The van der Waals surface area contributed by atoms with Crippen molar-refractivity contribution < 1.29 is 4.79 Å². The van der Waals surface area contributed by atoms with Gasteiger partial charge >= 0.3 is 0 Å². The lowest BCUT2D eigenvalue weighted by molar-refractivity contribution is 0.100. The number of anilines is 1. The molecule has 0 saturated heterocycles. The molecular weight excluding hydrogens is 291 g/mol. The van der Waals surface area contributed by atoms with Gasteiger partial charge in [0.05, 0.1) is 5.56 Å². The Kier molecular flexibility index (Phi) is 3.43. The molecule has 4 N–H and O–H groups in total. The molecule has 0 saturated carbocycles. The number of nitrogens with two attached hydrogens (primary N) is 2. The van der Waals surface area contributed by atoms with Crippen molar-refractivity contribution in [2.75, 3.05) is 5.73 Å². The molecule has 0 aliphatic carbocycles. The predicted molar refractivity (Wildman–Crippen MR) is 77.9 cm³/mol. The van der Waals surface area contributed by atoms with Gasteiger partial charge in [-0.15, -0.1) is 0 Å². The van der Waals surface area contributed by atoms with Gasteiger partial charge in [0.2, 0.25) is 0 Å². The minimum absolute atomic E-state index is 0.225. The molecule has 0 fully saturated rings. The Morgan fingerprint density at radius 3 is 2.28 bits per heavy atom. The fourth-order valence-corrected chi connectivity index (χ4v) is 1.95. The van der Waals surface area contributed by atoms with Gasteiger partial charge in [0, 0.05) is 10.2 Å². The Morgan fingerprint density at radius 2 is 1.72 bits per heavy atom. The lowest BCUT2D eigenvalue weighted by atomic mass is 9.87. The number of amides is 1. The maximum absolute atomic E-state index is 11.3. The summed E-state index contributed by atoms with van der Waals surface area (Å²) >= 11 is 3.36. The molecule has 0 bridgehead atoms. The third-order valence-electron chi connectivity index (χ3n) is 2.66. The summed E-state index contributed by atoms with van der Waals surface area (Å²) in [5.41, 5.74) is 13.6. The molecule has 2 radical (unpaired) electrons. The lowest BCUT2D eigenvalue weighted by Crippen LogP contribution is -2.20. The van der Waals surface area contributed by atoms with Gasteiger partial charge in [-0.2, -0.15) is 0 Å². The van der Waals surface area contributed by atoms with Crippen LogP contribution in [0.3, 0.4) is 0 Å². The van der Waals surface area contributed by atoms with Crippen LogP contribution in [0.2, 0.25) is 0 Å². The van der Waals surface area contributed by atoms with Crippen molar-refractivity contribution in [1.82, 2.24) is 0 Å². The fourth-order valence-electron chi connectivity index (χ4n) is 1.69. The summed E-state index contributed by atoms with van der Waals surface area (Å²) in [4.78, 5) is 11.3. The van der Waals surface area contributed by atoms with E-state index in [-0.39, 0.29) is 11.3 Å². The second-order valence-electron chi connectivity index (χ2n) is 3.90. The third kappa shape index (κ3) is 2.41. The van der Waals surface area contributed by atoms with Crippen molar-refractivity contribution in [3.8, 4) is 11.1 Å². The first-order valence-corrected chi connectivity index (χ1v) is 6.03. The van der Waals surface area contributed by atoms with Crippen LogP contribution >= 0.6 is 15.9 Å². The van der Waals surface area contributed by atoms with Gasteiger partial charge in [-0.25, -0.2) is 0 Å². The van der Waals surface area contributed by atoms with Gasteiger partial charge in [0.25, 0.3) is 5.91 Å². The highest BCUT2D eigenvalue weighted by atomic mass is 79.9. The maximum Gasteiger partial charge on any atom is 0.250 e. The number of rotatable bonds is 2. The summed E-state index contributed by atoms with van der Waals surface area (Å²) in [5.74, 6) is -0.585. The zero-order valence-electron chi connectivity index (χ0n) is 9.48. The van der Waals surface area contributed by atoms with E-state index in [1.165, 1.54) is 0 Å². The highest BCUT2D eigenvalue weighted by Gasteiger charge is 2.10. The number of hydrogen-bond donors (Lipinski definition) is 2. The Bertz CT molecular complexity index is 611. The Labute approximate surface area is 115 Å². The molecule has 2 aromatic carbocycles. The standard InChI is InChI=1S/C13H10BBrN2O/c14-11-6-8(5-10(12(11)16)13(17)18)7-1-3-9(15)4-2-7/h1-6H,16H2,(H2,17,18). The second-order valence-corrected chi connectivity index (χ2v) is 4.81. The Morgan fingerprint density at radius 1 is 1.11 bits per heavy atom. The largest absolute Gasteiger partial charge is 0.399 e. The molecule has 0 aliphatic heterocycles. The zero-order valence-corrected chi connectivity index (χ0v) is 11.1. The van der Waals surface area contributed by atoms with Crippen LogP contribution in [0, 0.1) is 0 Å². The molecule has 5 heteroatoms. The number of nitrogen functional groups attached to an aromatic ring is 1. The van der Waals surface area contributed by atoms with Crippen LogP contribution in [0.25, 0.3) is 11.1 Å². The predicted octanol–water partition coefficient (Wildman–Crippen LogP) is 1.59. The highest BCUT2D eigenvalue weighted by Crippen LogP contribution is 2.23. The van der Waals surface area contributed by atoms with Crippen molar-refractivity contribution >= 4 is 40.8 Å². The van der Waals surface area contributed by atoms with Crippen molar-refractivity contribution in [2.24, 2.45) is 5.73 Å². The SMILES string of the molecule is [B]c1cc(-c2ccc(Br)cc2)cc(C(N)=O)c1N. The topological polar surface area (TPSA) is 69.1 Å². The number of benzene rings is 2. The average molecular weight is 301 g/mol. The number of halogens is 1. The Balaban J connectivity index is 2.59. The van der Waals surface area contributed by atoms with Gasteiger partial charge in [-0.1, -0.05) is 39.6 Å². The first-order chi connectivity index (χ1) is 8.49. The van der Waals surface area contributed by atoms with Crippen LogP contribution in [0.4, 0.5) is 5.69 Å². The molecule has 18 heavy (non-hydrogen) atoms. The van der Waals surface area contributed by atoms with Crippen molar-refractivity contribution in [3.63, 3.8) is 0 Å².